The van der Waals surface area contributed by atoms with E-state index in [0.29, 0.717) is 11.3 Å². The van der Waals surface area contributed by atoms with E-state index >= 15 is 0 Å². The standard InChI is InChI=1S/C12H13F3N2O3/c1-7-8(3-2-4-9(7)16)11(19)20-5-10(18)17-6-12(13,14)15/h2-4H,5-6,16H2,1H3,(H,17,18). The number of hydrogen-bond donors (Lipinski definition) is 2. The molecule has 0 aromatic heterocycles. The van der Waals surface area contributed by atoms with Gasteiger partial charge < -0.3 is 15.8 Å². The molecule has 0 aliphatic rings. The molecule has 110 valence electrons. The van der Waals surface area contributed by atoms with Crippen molar-refractivity contribution in [2.75, 3.05) is 18.9 Å². The second-order valence-electron chi connectivity index (χ2n) is 3.99. The van der Waals surface area contributed by atoms with Crippen molar-refractivity contribution in [3.63, 3.8) is 0 Å². The quantitative estimate of drug-likeness (QED) is 0.649. The van der Waals surface area contributed by atoms with Gasteiger partial charge in [-0.1, -0.05) is 6.07 Å². The summed E-state index contributed by atoms with van der Waals surface area (Å²) in [5, 5.41) is 1.59. The first-order valence-electron chi connectivity index (χ1n) is 5.56. The van der Waals surface area contributed by atoms with Gasteiger partial charge >= 0.3 is 12.1 Å². The smallest absolute Gasteiger partial charge is 0.405 e. The normalized spacial score (nSPS) is 11.0. The Kier molecular flexibility index (Phi) is 4.95. The fraction of sp³-hybridized carbons (Fsp3) is 0.333. The second-order valence-corrected chi connectivity index (χ2v) is 3.99. The molecular formula is C12H13F3N2O3. The molecule has 0 bridgehead atoms. The summed E-state index contributed by atoms with van der Waals surface area (Å²) in [5.74, 6) is -1.85. The van der Waals surface area contributed by atoms with E-state index in [1.807, 2.05) is 0 Å². The molecule has 1 amide bonds. The highest BCUT2D eigenvalue weighted by atomic mass is 19.4. The van der Waals surface area contributed by atoms with Gasteiger partial charge in [0.05, 0.1) is 5.56 Å². The lowest BCUT2D eigenvalue weighted by atomic mass is 10.1. The zero-order valence-corrected chi connectivity index (χ0v) is 10.6. The summed E-state index contributed by atoms with van der Waals surface area (Å²) in [4.78, 5) is 22.7. The molecule has 5 nitrogen and oxygen atoms in total. The van der Waals surface area contributed by atoms with Crippen LogP contribution in [0, 0.1) is 6.92 Å². The molecule has 1 aromatic rings. The van der Waals surface area contributed by atoms with E-state index in [0.717, 1.165) is 0 Å². The Balaban J connectivity index is 2.51. The Morgan fingerprint density at radius 1 is 1.35 bits per heavy atom. The minimum absolute atomic E-state index is 0.161. The fourth-order valence-corrected chi connectivity index (χ4v) is 1.33. The topological polar surface area (TPSA) is 81.4 Å². The van der Waals surface area contributed by atoms with E-state index in [2.05, 4.69) is 4.74 Å². The Bertz CT molecular complexity index is 515. The van der Waals surface area contributed by atoms with Crippen LogP contribution in [0.1, 0.15) is 15.9 Å². The van der Waals surface area contributed by atoms with E-state index in [-0.39, 0.29) is 5.56 Å². The van der Waals surface area contributed by atoms with Crippen molar-refractivity contribution in [1.29, 1.82) is 0 Å². The maximum absolute atomic E-state index is 11.8. The highest BCUT2D eigenvalue weighted by Crippen LogP contribution is 2.16. The van der Waals surface area contributed by atoms with Crippen LogP contribution < -0.4 is 11.1 Å². The van der Waals surface area contributed by atoms with Gasteiger partial charge in [-0.15, -0.1) is 0 Å². The van der Waals surface area contributed by atoms with Crippen LogP contribution in [-0.4, -0.2) is 31.2 Å². The molecule has 0 aliphatic carbocycles. The number of amides is 1. The number of anilines is 1. The molecule has 0 heterocycles. The number of hydrogen-bond acceptors (Lipinski definition) is 4. The Morgan fingerprint density at radius 2 is 2.00 bits per heavy atom. The second kappa shape index (κ2) is 6.27. The number of alkyl halides is 3. The summed E-state index contributed by atoms with van der Waals surface area (Å²) in [7, 11) is 0. The molecule has 8 heteroatoms. The molecule has 1 rings (SSSR count). The van der Waals surface area contributed by atoms with Gasteiger partial charge in [-0.2, -0.15) is 13.2 Å². The number of benzene rings is 1. The average molecular weight is 290 g/mol. The van der Waals surface area contributed by atoms with E-state index < -0.39 is 31.2 Å². The predicted molar refractivity (Wildman–Crippen MR) is 64.9 cm³/mol. The van der Waals surface area contributed by atoms with Gasteiger partial charge in [-0.05, 0) is 24.6 Å². The molecule has 0 atom stereocenters. The van der Waals surface area contributed by atoms with Gasteiger partial charge in [0, 0.05) is 5.69 Å². The van der Waals surface area contributed by atoms with Crippen LogP contribution in [0.3, 0.4) is 0 Å². The Morgan fingerprint density at radius 3 is 2.60 bits per heavy atom. The molecule has 0 saturated heterocycles. The summed E-state index contributed by atoms with van der Waals surface area (Å²) < 4.78 is 40.1. The van der Waals surface area contributed by atoms with Gasteiger partial charge in [0.15, 0.2) is 6.61 Å². The number of esters is 1. The first-order valence-corrected chi connectivity index (χ1v) is 5.56. The lowest BCUT2D eigenvalue weighted by Crippen LogP contribution is -2.36. The molecule has 20 heavy (non-hydrogen) atoms. The number of ether oxygens (including phenoxy) is 1. The highest BCUT2D eigenvalue weighted by molar-refractivity contribution is 5.94. The SMILES string of the molecule is Cc1c(N)cccc1C(=O)OCC(=O)NCC(F)(F)F. The predicted octanol–water partition coefficient (Wildman–Crippen LogP) is 1.41. The third kappa shape index (κ3) is 4.79. The van der Waals surface area contributed by atoms with Gasteiger partial charge in [-0.3, -0.25) is 4.79 Å². The Labute approximate surface area is 112 Å². The number of nitrogens with one attached hydrogen (secondary N) is 1. The number of halogens is 3. The average Bonchev–Trinajstić information content (AvgIpc) is 2.36. The van der Waals surface area contributed by atoms with Crippen molar-refractivity contribution >= 4 is 17.6 Å². The number of nitrogen functional groups attached to an aromatic ring is 1. The van der Waals surface area contributed by atoms with Crippen LogP contribution in [0.2, 0.25) is 0 Å². The maximum atomic E-state index is 11.8. The largest absolute Gasteiger partial charge is 0.452 e. The van der Waals surface area contributed by atoms with E-state index in [9.17, 15) is 22.8 Å². The van der Waals surface area contributed by atoms with Crippen molar-refractivity contribution < 1.29 is 27.5 Å². The summed E-state index contributed by atoms with van der Waals surface area (Å²) in [6.07, 6.45) is -4.51. The van der Waals surface area contributed by atoms with Gasteiger partial charge in [0.1, 0.15) is 6.54 Å². The summed E-state index contributed by atoms with van der Waals surface area (Å²) in [6.45, 7) is -0.667. The lowest BCUT2D eigenvalue weighted by Gasteiger charge is -2.10. The zero-order chi connectivity index (χ0) is 15.3. The molecule has 0 spiro atoms. The monoisotopic (exact) mass is 290 g/mol. The number of carbonyl (C=O) groups is 2. The molecule has 0 saturated carbocycles. The van der Waals surface area contributed by atoms with Crippen LogP contribution in [0.15, 0.2) is 18.2 Å². The summed E-state index contributed by atoms with van der Waals surface area (Å²) in [5.41, 5.74) is 6.61. The van der Waals surface area contributed by atoms with E-state index in [1.54, 1.807) is 18.3 Å². The van der Waals surface area contributed by atoms with Crippen molar-refractivity contribution in [3.05, 3.63) is 29.3 Å². The van der Waals surface area contributed by atoms with Gasteiger partial charge in [0.2, 0.25) is 0 Å². The zero-order valence-electron chi connectivity index (χ0n) is 10.6. The minimum Gasteiger partial charge on any atom is -0.452 e. The van der Waals surface area contributed by atoms with Crippen molar-refractivity contribution in [3.8, 4) is 0 Å². The number of rotatable bonds is 4. The molecule has 3 N–H and O–H groups in total. The van der Waals surface area contributed by atoms with Crippen LogP contribution >= 0.6 is 0 Å². The molecule has 1 aromatic carbocycles. The first-order chi connectivity index (χ1) is 9.20. The summed E-state index contributed by atoms with van der Waals surface area (Å²) >= 11 is 0. The Hall–Kier alpha value is -2.25. The molecule has 0 aliphatic heterocycles. The molecule has 0 fully saturated rings. The van der Waals surface area contributed by atoms with Crippen LogP contribution in [0.4, 0.5) is 18.9 Å². The number of nitrogens with two attached hydrogens (primary N) is 1. The highest BCUT2D eigenvalue weighted by Gasteiger charge is 2.27. The third-order valence-corrected chi connectivity index (χ3v) is 2.42. The maximum Gasteiger partial charge on any atom is 0.405 e. The van der Waals surface area contributed by atoms with Crippen molar-refractivity contribution in [2.24, 2.45) is 0 Å². The van der Waals surface area contributed by atoms with Crippen molar-refractivity contribution in [1.82, 2.24) is 5.32 Å². The van der Waals surface area contributed by atoms with Gasteiger partial charge in [0.25, 0.3) is 5.91 Å². The van der Waals surface area contributed by atoms with Gasteiger partial charge in [-0.25, -0.2) is 4.79 Å². The van der Waals surface area contributed by atoms with Crippen molar-refractivity contribution in [2.45, 2.75) is 13.1 Å². The van der Waals surface area contributed by atoms with E-state index in [1.165, 1.54) is 12.1 Å². The fourth-order valence-electron chi connectivity index (χ4n) is 1.33. The van der Waals surface area contributed by atoms with Crippen LogP contribution in [0.5, 0.6) is 0 Å². The third-order valence-electron chi connectivity index (χ3n) is 2.42. The molecular weight excluding hydrogens is 277 g/mol. The summed E-state index contributed by atoms with van der Waals surface area (Å²) in [6, 6.07) is 4.56. The molecule has 0 unspecified atom stereocenters. The number of carbonyl (C=O) groups excluding carboxylic acids is 2. The lowest BCUT2D eigenvalue weighted by molar-refractivity contribution is -0.140. The first kappa shape index (κ1) is 15.8. The van der Waals surface area contributed by atoms with E-state index in [4.69, 9.17) is 5.73 Å². The molecule has 0 radical (unpaired) electrons. The van der Waals surface area contributed by atoms with Crippen LogP contribution in [-0.2, 0) is 9.53 Å². The van der Waals surface area contributed by atoms with Crippen LogP contribution in [0.25, 0.3) is 0 Å². The minimum atomic E-state index is -4.51.